The molecule has 0 aromatic heterocycles. The molecule has 0 aromatic carbocycles. The largest absolute Gasteiger partial charge is 0.341 e. The molecular formula is C11H20N2O. The minimum Gasteiger partial charge on any atom is -0.341 e. The summed E-state index contributed by atoms with van der Waals surface area (Å²) >= 11 is 0. The molecule has 2 fully saturated rings. The van der Waals surface area contributed by atoms with Gasteiger partial charge in [-0.25, -0.2) is 0 Å². The van der Waals surface area contributed by atoms with Crippen LogP contribution in [-0.2, 0) is 4.79 Å². The van der Waals surface area contributed by atoms with Crippen molar-refractivity contribution in [3.8, 4) is 0 Å². The Labute approximate surface area is 85.6 Å². The fourth-order valence-electron chi connectivity index (χ4n) is 2.41. The van der Waals surface area contributed by atoms with Crippen LogP contribution in [0.15, 0.2) is 0 Å². The summed E-state index contributed by atoms with van der Waals surface area (Å²) in [5.74, 6) is 1.80. The molecule has 1 saturated heterocycles. The molecule has 0 radical (unpaired) electrons. The van der Waals surface area contributed by atoms with Gasteiger partial charge in [0.1, 0.15) is 0 Å². The van der Waals surface area contributed by atoms with Crippen LogP contribution in [0.2, 0.25) is 0 Å². The molecular weight excluding hydrogens is 176 g/mol. The van der Waals surface area contributed by atoms with Crippen molar-refractivity contribution in [1.29, 1.82) is 0 Å². The van der Waals surface area contributed by atoms with Gasteiger partial charge in [0, 0.05) is 25.0 Å². The first-order chi connectivity index (χ1) is 6.63. The number of nitrogens with two attached hydrogens (primary N) is 1. The molecule has 14 heavy (non-hydrogen) atoms. The van der Waals surface area contributed by atoms with E-state index in [-0.39, 0.29) is 6.04 Å². The highest BCUT2D eigenvalue weighted by Crippen LogP contribution is 2.40. The maximum atomic E-state index is 11.9. The maximum Gasteiger partial charge on any atom is 0.226 e. The Morgan fingerprint density at radius 3 is 2.57 bits per heavy atom. The molecule has 4 atom stereocenters. The van der Waals surface area contributed by atoms with Crippen LogP contribution in [0, 0.1) is 17.8 Å². The van der Waals surface area contributed by atoms with Crippen LogP contribution in [-0.4, -0.2) is 29.9 Å². The highest BCUT2D eigenvalue weighted by molar-refractivity contribution is 5.82. The third-order valence-electron chi connectivity index (χ3n) is 3.75. The molecule has 2 rings (SSSR count). The van der Waals surface area contributed by atoms with Crippen molar-refractivity contribution in [3.63, 3.8) is 0 Å². The van der Waals surface area contributed by atoms with Gasteiger partial charge in [0.2, 0.25) is 5.91 Å². The average molecular weight is 196 g/mol. The van der Waals surface area contributed by atoms with Crippen LogP contribution in [0.5, 0.6) is 0 Å². The van der Waals surface area contributed by atoms with E-state index in [0.717, 1.165) is 25.9 Å². The van der Waals surface area contributed by atoms with Crippen molar-refractivity contribution < 1.29 is 4.79 Å². The lowest BCUT2D eigenvalue weighted by molar-refractivity contribution is -0.131. The van der Waals surface area contributed by atoms with Gasteiger partial charge in [-0.2, -0.15) is 0 Å². The second-order valence-electron chi connectivity index (χ2n) is 4.89. The van der Waals surface area contributed by atoms with Gasteiger partial charge in [-0.15, -0.1) is 0 Å². The molecule has 2 aliphatic rings. The van der Waals surface area contributed by atoms with Crippen molar-refractivity contribution in [2.45, 2.75) is 32.7 Å². The third-order valence-corrected chi connectivity index (χ3v) is 3.75. The molecule has 3 nitrogen and oxygen atoms in total. The number of nitrogens with zero attached hydrogens (tertiary/aromatic N) is 1. The zero-order valence-corrected chi connectivity index (χ0v) is 9.07. The van der Waals surface area contributed by atoms with Gasteiger partial charge >= 0.3 is 0 Å². The van der Waals surface area contributed by atoms with Crippen LogP contribution in [0.25, 0.3) is 0 Å². The quantitative estimate of drug-likeness (QED) is 0.711. The first kappa shape index (κ1) is 9.97. The minimum absolute atomic E-state index is 0.206. The Kier molecular flexibility index (Phi) is 2.52. The van der Waals surface area contributed by atoms with Crippen molar-refractivity contribution >= 4 is 5.91 Å². The van der Waals surface area contributed by atoms with E-state index in [0.29, 0.717) is 23.7 Å². The van der Waals surface area contributed by atoms with Crippen molar-refractivity contribution in [3.05, 3.63) is 0 Å². The van der Waals surface area contributed by atoms with Crippen LogP contribution in [0.3, 0.4) is 0 Å². The van der Waals surface area contributed by atoms with Crippen LogP contribution >= 0.6 is 0 Å². The van der Waals surface area contributed by atoms with Crippen LogP contribution in [0.1, 0.15) is 26.7 Å². The summed E-state index contributed by atoms with van der Waals surface area (Å²) in [6.45, 7) is 5.97. The van der Waals surface area contributed by atoms with Gasteiger partial charge in [0.15, 0.2) is 0 Å². The predicted octanol–water partition coefficient (Wildman–Crippen LogP) is 0.838. The summed E-state index contributed by atoms with van der Waals surface area (Å²) in [5.41, 5.74) is 5.98. The lowest BCUT2D eigenvalue weighted by Crippen LogP contribution is -2.33. The van der Waals surface area contributed by atoms with Gasteiger partial charge in [-0.3, -0.25) is 4.79 Å². The van der Waals surface area contributed by atoms with E-state index in [9.17, 15) is 4.79 Å². The number of likely N-dealkylation sites (tertiary alicyclic amines) is 1. The van der Waals surface area contributed by atoms with E-state index in [1.165, 1.54) is 0 Å². The van der Waals surface area contributed by atoms with Crippen molar-refractivity contribution in [2.75, 3.05) is 13.1 Å². The lowest BCUT2D eigenvalue weighted by atomic mass is 10.0. The topological polar surface area (TPSA) is 46.3 Å². The highest BCUT2D eigenvalue weighted by Gasteiger charge is 2.44. The number of hydrogen-bond donors (Lipinski definition) is 1. The Morgan fingerprint density at radius 2 is 2.14 bits per heavy atom. The molecule has 2 N–H and O–H groups in total. The molecule has 0 spiro atoms. The van der Waals surface area contributed by atoms with Crippen LogP contribution in [0.4, 0.5) is 0 Å². The number of carbonyl (C=O) groups excluding carboxylic acids is 1. The monoisotopic (exact) mass is 196 g/mol. The molecule has 3 heteroatoms. The van der Waals surface area contributed by atoms with E-state index >= 15 is 0 Å². The summed E-state index contributed by atoms with van der Waals surface area (Å²) in [6.07, 6.45) is 2.17. The van der Waals surface area contributed by atoms with Crippen LogP contribution < -0.4 is 5.73 Å². The second kappa shape index (κ2) is 3.54. The maximum absolute atomic E-state index is 11.9. The lowest BCUT2D eigenvalue weighted by Gasteiger charge is -2.15. The molecule has 1 heterocycles. The third kappa shape index (κ3) is 1.65. The van der Waals surface area contributed by atoms with Crippen molar-refractivity contribution in [2.24, 2.45) is 23.5 Å². The van der Waals surface area contributed by atoms with E-state index in [2.05, 4.69) is 13.8 Å². The molecule has 1 aliphatic carbocycles. The SMILES string of the molecule is CCC1CN(C(=O)C2CC2C)CC1N. The smallest absolute Gasteiger partial charge is 0.226 e. The average Bonchev–Trinajstić information content (AvgIpc) is 2.75. The van der Waals surface area contributed by atoms with Gasteiger partial charge in [-0.1, -0.05) is 20.3 Å². The fraction of sp³-hybridized carbons (Fsp3) is 0.909. The molecule has 1 saturated carbocycles. The number of hydrogen-bond acceptors (Lipinski definition) is 2. The van der Waals surface area contributed by atoms with E-state index in [1.807, 2.05) is 4.90 Å². The zero-order chi connectivity index (χ0) is 10.3. The second-order valence-corrected chi connectivity index (χ2v) is 4.89. The molecule has 0 bridgehead atoms. The normalized spacial score (nSPS) is 41.5. The standard InChI is InChI=1S/C11H20N2O/c1-3-8-5-13(6-10(8)12)11(14)9-4-7(9)2/h7-10H,3-6,12H2,1-2H3. The fourth-order valence-corrected chi connectivity index (χ4v) is 2.41. The minimum atomic E-state index is 0.206. The highest BCUT2D eigenvalue weighted by atomic mass is 16.2. The Hall–Kier alpha value is -0.570. The first-order valence-corrected chi connectivity index (χ1v) is 5.67. The molecule has 0 aromatic rings. The Balaban J connectivity index is 1.91. The van der Waals surface area contributed by atoms with Gasteiger partial charge < -0.3 is 10.6 Å². The molecule has 80 valence electrons. The number of rotatable bonds is 2. The van der Waals surface area contributed by atoms with Gasteiger partial charge in [-0.05, 0) is 18.3 Å². The van der Waals surface area contributed by atoms with Gasteiger partial charge in [0.05, 0.1) is 0 Å². The zero-order valence-electron chi connectivity index (χ0n) is 9.07. The number of amides is 1. The van der Waals surface area contributed by atoms with E-state index < -0.39 is 0 Å². The summed E-state index contributed by atoms with van der Waals surface area (Å²) in [4.78, 5) is 13.9. The first-order valence-electron chi connectivity index (χ1n) is 5.67. The Bertz CT molecular complexity index is 241. The summed E-state index contributed by atoms with van der Waals surface area (Å²) < 4.78 is 0. The van der Waals surface area contributed by atoms with E-state index in [1.54, 1.807) is 0 Å². The van der Waals surface area contributed by atoms with Gasteiger partial charge in [0.25, 0.3) is 0 Å². The van der Waals surface area contributed by atoms with E-state index in [4.69, 9.17) is 5.73 Å². The Morgan fingerprint density at radius 1 is 1.50 bits per heavy atom. The predicted molar refractivity (Wildman–Crippen MR) is 55.6 cm³/mol. The molecule has 1 aliphatic heterocycles. The summed E-state index contributed by atoms with van der Waals surface area (Å²) in [7, 11) is 0. The summed E-state index contributed by atoms with van der Waals surface area (Å²) in [5, 5.41) is 0. The molecule has 1 amide bonds. The molecule has 4 unspecified atom stereocenters. The number of carbonyl (C=O) groups is 1. The van der Waals surface area contributed by atoms with Crippen molar-refractivity contribution in [1.82, 2.24) is 4.90 Å². The summed E-state index contributed by atoms with van der Waals surface area (Å²) in [6, 6.07) is 0.206.